The van der Waals surface area contributed by atoms with Crippen molar-refractivity contribution in [3.05, 3.63) is 72.9 Å². The van der Waals surface area contributed by atoms with Crippen molar-refractivity contribution in [2.45, 2.75) is 237 Å². The Morgan fingerprint density at radius 1 is 0.492 bits per heavy atom. The molecule has 65 heavy (non-hydrogen) atoms. The molecule has 1 fully saturated rings. The van der Waals surface area contributed by atoms with Crippen LogP contribution in [0.25, 0.3) is 0 Å². The Labute approximate surface area is 393 Å². The fourth-order valence-electron chi connectivity index (χ4n) is 7.38. The molecule has 0 spiro atoms. The molecule has 0 aliphatic carbocycles. The maximum Gasteiger partial charge on any atom is 0.335 e. The molecule has 1 aliphatic rings. The maximum atomic E-state index is 12.8. The highest BCUT2D eigenvalue weighted by atomic mass is 16.7. The third-order valence-electron chi connectivity index (χ3n) is 11.3. The molecule has 0 aromatic heterocycles. The molecule has 372 valence electrons. The van der Waals surface area contributed by atoms with E-state index in [0.717, 1.165) is 57.8 Å². The largest absolute Gasteiger partial charge is 0.479 e. The minimum atomic E-state index is -1.87. The average Bonchev–Trinajstić information content (AvgIpc) is 3.29. The highest BCUT2D eigenvalue weighted by Crippen LogP contribution is 2.23. The molecule has 0 saturated carbocycles. The summed E-state index contributed by atoms with van der Waals surface area (Å²) >= 11 is 0. The lowest BCUT2D eigenvalue weighted by Gasteiger charge is -2.38. The third kappa shape index (κ3) is 34.6. The standard InChI is InChI=1S/C54H90O11/c1-3-5-7-9-11-13-15-17-19-21-23-25-27-29-31-33-35-37-39-41-43-48(56)64-46(45-63-54-51(59)49(57)50(58)52(65-54)53(60)61)44-62-47(55)42-40-38-36-34-32-30-28-26-24-22-20-18-16-14-12-10-8-6-4-2/h6,8,12,14,18,20,24,26,30,32,36,38,46,49-52,54,57-59H,3-5,7,9-11,13,15-17,19,21-23,25,27-29,31,33-35,37,39-45H2,1-2H3,(H,60,61)/b8-6-,14-12-,20-18-,26-24-,32-30-,38-36-. The number of ether oxygens (including phenoxy) is 4. The highest BCUT2D eigenvalue weighted by molar-refractivity contribution is 5.73. The molecular formula is C54H90O11. The number of aliphatic hydroxyl groups is 3. The zero-order chi connectivity index (χ0) is 47.4. The van der Waals surface area contributed by atoms with Crippen molar-refractivity contribution in [2.75, 3.05) is 13.2 Å². The summed E-state index contributed by atoms with van der Waals surface area (Å²) in [6.45, 7) is 3.66. The van der Waals surface area contributed by atoms with Crippen molar-refractivity contribution < 1.29 is 53.8 Å². The van der Waals surface area contributed by atoms with E-state index in [-0.39, 0.29) is 19.4 Å². The zero-order valence-electron chi connectivity index (χ0n) is 40.5. The van der Waals surface area contributed by atoms with Crippen LogP contribution >= 0.6 is 0 Å². The molecule has 6 atom stereocenters. The fourth-order valence-corrected chi connectivity index (χ4v) is 7.38. The van der Waals surface area contributed by atoms with Crippen molar-refractivity contribution >= 4 is 17.9 Å². The molecule has 0 amide bonds. The van der Waals surface area contributed by atoms with Crippen molar-refractivity contribution in [2.24, 2.45) is 0 Å². The van der Waals surface area contributed by atoms with Crippen LogP contribution in [0.15, 0.2) is 72.9 Å². The molecule has 1 aliphatic heterocycles. The Bertz CT molecular complexity index is 1350. The van der Waals surface area contributed by atoms with Gasteiger partial charge in [0.25, 0.3) is 0 Å². The van der Waals surface area contributed by atoms with E-state index in [4.69, 9.17) is 18.9 Å². The monoisotopic (exact) mass is 915 g/mol. The predicted octanol–water partition coefficient (Wildman–Crippen LogP) is 12.0. The van der Waals surface area contributed by atoms with Crippen LogP contribution < -0.4 is 0 Å². The number of hydrogen-bond donors (Lipinski definition) is 4. The Morgan fingerprint density at radius 2 is 0.908 bits per heavy atom. The van der Waals surface area contributed by atoms with Gasteiger partial charge in [-0.05, 0) is 51.4 Å². The zero-order valence-corrected chi connectivity index (χ0v) is 40.5. The fraction of sp³-hybridized carbons (Fsp3) is 0.722. The smallest absolute Gasteiger partial charge is 0.335 e. The molecule has 1 saturated heterocycles. The van der Waals surface area contributed by atoms with Gasteiger partial charge in [0.1, 0.15) is 24.9 Å². The van der Waals surface area contributed by atoms with E-state index in [2.05, 4.69) is 74.6 Å². The van der Waals surface area contributed by atoms with Crippen molar-refractivity contribution in [1.29, 1.82) is 0 Å². The van der Waals surface area contributed by atoms with Gasteiger partial charge < -0.3 is 39.4 Å². The predicted molar refractivity (Wildman–Crippen MR) is 261 cm³/mol. The highest BCUT2D eigenvalue weighted by Gasteiger charge is 2.47. The molecule has 1 rings (SSSR count). The summed E-state index contributed by atoms with van der Waals surface area (Å²) in [5.41, 5.74) is 0. The summed E-state index contributed by atoms with van der Waals surface area (Å²) in [7, 11) is 0. The van der Waals surface area contributed by atoms with Crippen molar-refractivity contribution in [1.82, 2.24) is 0 Å². The van der Waals surface area contributed by atoms with E-state index in [1.54, 1.807) is 0 Å². The molecule has 0 aromatic rings. The second kappa shape index (κ2) is 43.2. The molecule has 0 radical (unpaired) electrons. The minimum Gasteiger partial charge on any atom is -0.479 e. The lowest BCUT2D eigenvalue weighted by atomic mass is 9.99. The van der Waals surface area contributed by atoms with Gasteiger partial charge in [-0.3, -0.25) is 9.59 Å². The first-order chi connectivity index (χ1) is 31.7. The van der Waals surface area contributed by atoms with Crippen LogP contribution in [0.2, 0.25) is 0 Å². The Balaban J connectivity index is 2.35. The van der Waals surface area contributed by atoms with Crippen molar-refractivity contribution in [3.63, 3.8) is 0 Å². The van der Waals surface area contributed by atoms with Crippen LogP contribution in [-0.4, -0.2) is 88.4 Å². The number of aliphatic carboxylic acids is 1. The Morgan fingerprint density at radius 3 is 1.34 bits per heavy atom. The van der Waals surface area contributed by atoms with E-state index in [9.17, 15) is 34.8 Å². The van der Waals surface area contributed by atoms with E-state index in [1.165, 1.54) is 103 Å². The van der Waals surface area contributed by atoms with E-state index in [1.807, 2.05) is 12.2 Å². The number of rotatable bonds is 42. The van der Waals surface area contributed by atoms with Gasteiger partial charge in [0.15, 0.2) is 18.5 Å². The summed E-state index contributed by atoms with van der Waals surface area (Å²) in [5, 5.41) is 39.9. The van der Waals surface area contributed by atoms with E-state index >= 15 is 0 Å². The minimum absolute atomic E-state index is 0.109. The van der Waals surface area contributed by atoms with E-state index in [0.29, 0.717) is 12.8 Å². The first-order valence-corrected chi connectivity index (χ1v) is 25.5. The first-order valence-electron chi connectivity index (χ1n) is 25.5. The number of carboxylic acid groups (broad SMARTS) is 1. The number of unbranched alkanes of at least 4 members (excludes halogenated alkanes) is 19. The van der Waals surface area contributed by atoms with Gasteiger partial charge in [-0.25, -0.2) is 4.79 Å². The van der Waals surface area contributed by atoms with Gasteiger partial charge in [0.2, 0.25) is 0 Å². The quantitative estimate of drug-likeness (QED) is 0.0261. The molecule has 0 aromatic carbocycles. The van der Waals surface area contributed by atoms with Gasteiger partial charge in [0, 0.05) is 12.8 Å². The molecular weight excluding hydrogens is 825 g/mol. The second-order valence-corrected chi connectivity index (χ2v) is 17.3. The lowest BCUT2D eigenvalue weighted by Crippen LogP contribution is -2.60. The molecule has 4 N–H and O–H groups in total. The number of carboxylic acids is 1. The molecule has 1 heterocycles. The van der Waals surface area contributed by atoms with Crippen LogP contribution in [0.5, 0.6) is 0 Å². The molecule has 0 bridgehead atoms. The number of carbonyl (C=O) groups excluding carboxylic acids is 2. The maximum absolute atomic E-state index is 12.8. The summed E-state index contributed by atoms with van der Waals surface area (Å²) in [6, 6.07) is 0. The summed E-state index contributed by atoms with van der Waals surface area (Å²) in [5.74, 6) is -2.55. The van der Waals surface area contributed by atoms with Crippen LogP contribution in [0.3, 0.4) is 0 Å². The van der Waals surface area contributed by atoms with Crippen molar-refractivity contribution in [3.8, 4) is 0 Å². The van der Waals surface area contributed by atoms with Crippen LogP contribution in [0.4, 0.5) is 0 Å². The number of aliphatic hydroxyl groups excluding tert-OH is 3. The topological polar surface area (TPSA) is 169 Å². The van der Waals surface area contributed by atoms with Crippen LogP contribution in [-0.2, 0) is 33.3 Å². The molecule has 11 heteroatoms. The van der Waals surface area contributed by atoms with Crippen LogP contribution in [0.1, 0.15) is 200 Å². The normalized spacial score (nSPS) is 19.8. The van der Waals surface area contributed by atoms with Gasteiger partial charge in [0.05, 0.1) is 6.61 Å². The molecule has 6 unspecified atom stereocenters. The van der Waals surface area contributed by atoms with E-state index < -0.39 is 61.3 Å². The van der Waals surface area contributed by atoms with Gasteiger partial charge >= 0.3 is 17.9 Å². The SMILES string of the molecule is CC/C=C\C/C=C\C/C=C\C/C=C\C/C=C\C/C=C\CCC(=O)OCC(COC1OC(C(=O)O)C(O)C(O)C1O)OC(=O)CCCCCCCCCCCCCCCCCCCCCC. The Kier molecular flexibility index (Phi) is 39.7. The van der Waals surface area contributed by atoms with Gasteiger partial charge in [-0.2, -0.15) is 0 Å². The molecule has 11 nitrogen and oxygen atoms in total. The number of carbonyl (C=O) groups is 3. The lowest BCUT2D eigenvalue weighted by molar-refractivity contribution is -0.298. The van der Waals surface area contributed by atoms with Gasteiger partial charge in [-0.15, -0.1) is 0 Å². The second-order valence-electron chi connectivity index (χ2n) is 17.3. The summed E-state index contributed by atoms with van der Waals surface area (Å²) in [6.07, 6.45) is 46.8. The Hall–Kier alpha value is -3.35. The number of esters is 2. The number of hydrogen-bond acceptors (Lipinski definition) is 10. The average molecular weight is 915 g/mol. The van der Waals surface area contributed by atoms with Crippen LogP contribution in [0, 0.1) is 0 Å². The summed E-state index contributed by atoms with van der Waals surface area (Å²) in [4.78, 5) is 36.9. The number of allylic oxidation sites excluding steroid dienone is 12. The summed E-state index contributed by atoms with van der Waals surface area (Å²) < 4.78 is 21.7. The van der Waals surface area contributed by atoms with Gasteiger partial charge in [-0.1, -0.05) is 209 Å². The third-order valence-corrected chi connectivity index (χ3v) is 11.3. The first kappa shape index (κ1) is 59.7.